The van der Waals surface area contributed by atoms with Gasteiger partial charge in [0.2, 0.25) is 0 Å². The summed E-state index contributed by atoms with van der Waals surface area (Å²) in [6.45, 7) is 3.80. The Labute approximate surface area is 110 Å². The van der Waals surface area contributed by atoms with Gasteiger partial charge in [0.1, 0.15) is 16.1 Å². The third-order valence-corrected chi connectivity index (χ3v) is 3.44. The molecule has 2 aromatic rings. The molecule has 0 amide bonds. The molecule has 0 aliphatic carbocycles. The summed E-state index contributed by atoms with van der Waals surface area (Å²) < 4.78 is 0. The fraction of sp³-hybridized carbons (Fsp3) is 0.154. The number of nitrogens with two attached hydrogens (primary N) is 1. The molecule has 18 heavy (non-hydrogen) atoms. The van der Waals surface area contributed by atoms with Crippen LogP contribution in [0.5, 0.6) is 0 Å². The number of anilines is 1. The second-order valence-electron chi connectivity index (χ2n) is 3.87. The molecule has 0 aromatic carbocycles. The lowest BCUT2D eigenvalue weighted by atomic mass is 10.1. The third-order valence-electron chi connectivity index (χ3n) is 2.42. The normalized spacial score (nSPS) is 10.1. The number of hydrogen-bond donors (Lipinski definition) is 1. The molecule has 0 saturated heterocycles. The second kappa shape index (κ2) is 5.07. The minimum Gasteiger partial charge on any atom is -0.397 e. The fourth-order valence-corrected chi connectivity index (χ4v) is 2.57. The molecule has 2 heterocycles. The third kappa shape index (κ3) is 2.44. The van der Waals surface area contributed by atoms with Gasteiger partial charge in [0.05, 0.1) is 11.3 Å². The van der Waals surface area contributed by atoms with Gasteiger partial charge < -0.3 is 5.73 Å². The number of rotatable bonds is 2. The van der Waals surface area contributed by atoms with E-state index in [9.17, 15) is 5.26 Å². The number of hydrogen-bond acceptors (Lipinski definition) is 5. The van der Waals surface area contributed by atoms with Crippen LogP contribution in [0.1, 0.15) is 16.8 Å². The number of nitrogens with zero attached hydrogens (tertiary/aromatic N) is 3. The summed E-state index contributed by atoms with van der Waals surface area (Å²) in [6.07, 6.45) is 1.67. The Bertz CT molecular complexity index is 631. The molecule has 2 rings (SSSR count). The van der Waals surface area contributed by atoms with E-state index < -0.39 is 0 Å². The van der Waals surface area contributed by atoms with Gasteiger partial charge in [-0.25, -0.2) is 9.97 Å². The molecule has 0 unspecified atom stereocenters. The van der Waals surface area contributed by atoms with E-state index in [-0.39, 0.29) is 0 Å². The lowest BCUT2D eigenvalue weighted by molar-refractivity contribution is 1.02. The van der Waals surface area contributed by atoms with Crippen LogP contribution in [0.4, 0.5) is 5.69 Å². The largest absolute Gasteiger partial charge is 0.397 e. The average molecular weight is 256 g/mol. The Balaban J connectivity index is 2.47. The smallest absolute Gasteiger partial charge is 0.125 e. The van der Waals surface area contributed by atoms with Gasteiger partial charge in [-0.2, -0.15) is 5.26 Å². The van der Waals surface area contributed by atoms with Crippen LogP contribution in [0.15, 0.2) is 34.4 Å². The molecule has 2 N–H and O–H groups in total. The first kappa shape index (κ1) is 12.4. The van der Waals surface area contributed by atoms with E-state index in [4.69, 9.17) is 5.73 Å². The van der Waals surface area contributed by atoms with Crippen molar-refractivity contribution in [1.82, 2.24) is 9.97 Å². The highest BCUT2D eigenvalue weighted by Gasteiger charge is 2.12. The van der Waals surface area contributed by atoms with Crippen LogP contribution in [0.2, 0.25) is 0 Å². The highest BCUT2D eigenvalue weighted by Crippen LogP contribution is 2.32. The van der Waals surface area contributed by atoms with E-state index in [1.54, 1.807) is 18.3 Å². The van der Waals surface area contributed by atoms with Crippen LogP contribution in [0.25, 0.3) is 0 Å². The highest BCUT2D eigenvalue weighted by atomic mass is 32.2. The number of aryl methyl sites for hydroxylation is 2. The van der Waals surface area contributed by atoms with Gasteiger partial charge in [-0.05, 0) is 49.4 Å². The molecule has 0 radical (unpaired) electrons. The summed E-state index contributed by atoms with van der Waals surface area (Å²) in [5.41, 5.74) is 8.81. The molecule has 0 atom stereocenters. The summed E-state index contributed by atoms with van der Waals surface area (Å²) >= 11 is 1.32. The lowest BCUT2D eigenvalue weighted by Crippen LogP contribution is -1.96. The number of nitrogen functional groups attached to an aromatic ring is 1. The molecule has 0 bridgehead atoms. The minimum absolute atomic E-state index is 0.579. The summed E-state index contributed by atoms with van der Waals surface area (Å²) in [6, 6.07) is 7.63. The van der Waals surface area contributed by atoms with Crippen molar-refractivity contribution >= 4 is 17.4 Å². The molecule has 0 saturated carbocycles. The minimum atomic E-state index is 0.579. The average Bonchev–Trinajstić information content (AvgIpc) is 2.31. The zero-order valence-electron chi connectivity index (χ0n) is 10.1. The molecule has 0 aliphatic heterocycles. The zero-order valence-corrected chi connectivity index (χ0v) is 11.0. The Kier molecular flexibility index (Phi) is 3.49. The number of pyridine rings is 2. The van der Waals surface area contributed by atoms with Crippen molar-refractivity contribution in [3.63, 3.8) is 0 Å². The van der Waals surface area contributed by atoms with Crippen LogP contribution < -0.4 is 5.73 Å². The first-order valence-electron chi connectivity index (χ1n) is 5.38. The maximum Gasteiger partial charge on any atom is 0.125 e. The van der Waals surface area contributed by atoms with E-state index in [1.807, 2.05) is 19.9 Å². The molecular weight excluding hydrogens is 244 g/mol. The van der Waals surface area contributed by atoms with Crippen molar-refractivity contribution in [3.05, 3.63) is 41.2 Å². The standard InChI is InChI=1S/C13H12N4S/c1-8-6-9(2)17-12(10(8)7-14)18-13-11(15)4-3-5-16-13/h3-6H,15H2,1-2H3. The van der Waals surface area contributed by atoms with Crippen molar-refractivity contribution in [1.29, 1.82) is 5.26 Å². The van der Waals surface area contributed by atoms with Crippen LogP contribution in [0.3, 0.4) is 0 Å². The quantitative estimate of drug-likeness (QED) is 0.894. The van der Waals surface area contributed by atoms with Crippen molar-refractivity contribution in [2.24, 2.45) is 0 Å². The van der Waals surface area contributed by atoms with Crippen LogP contribution >= 0.6 is 11.8 Å². The van der Waals surface area contributed by atoms with Gasteiger partial charge in [0, 0.05) is 11.9 Å². The molecule has 0 fully saturated rings. The topological polar surface area (TPSA) is 75.6 Å². The van der Waals surface area contributed by atoms with Gasteiger partial charge in [-0.1, -0.05) is 0 Å². The van der Waals surface area contributed by atoms with E-state index in [1.165, 1.54) is 11.8 Å². The monoisotopic (exact) mass is 256 g/mol. The first-order valence-corrected chi connectivity index (χ1v) is 6.20. The van der Waals surface area contributed by atoms with Crippen molar-refractivity contribution in [2.45, 2.75) is 23.9 Å². The summed E-state index contributed by atoms with van der Waals surface area (Å²) in [4.78, 5) is 8.58. The Hall–Kier alpha value is -2.06. The van der Waals surface area contributed by atoms with Gasteiger partial charge in [-0.15, -0.1) is 0 Å². The van der Waals surface area contributed by atoms with Crippen molar-refractivity contribution in [3.8, 4) is 6.07 Å². The van der Waals surface area contributed by atoms with E-state index in [2.05, 4.69) is 16.0 Å². The molecule has 4 nitrogen and oxygen atoms in total. The maximum atomic E-state index is 9.18. The Morgan fingerprint density at radius 3 is 2.78 bits per heavy atom. The molecule has 90 valence electrons. The van der Waals surface area contributed by atoms with Crippen molar-refractivity contribution in [2.75, 3.05) is 5.73 Å². The van der Waals surface area contributed by atoms with Crippen LogP contribution in [0, 0.1) is 25.2 Å². The van der Waals surface area contributed by atoms with Gasteiger partial charge in [0.25, 0.3) is 0 Å². The maximum absolute atomic E-state index is 9.18. The molecule has 0 aliphatic rings. The SMILES string of the molecule is Cc1cc(C)c(C#N)c(Sc2ncccc2N)n1. The predicted molar refractivity (Wildman–Crippen MR) is 71.2 cm³/mol. The second-order valence-corrected chi connectivity index (χ2v) is 4.85. The lowest BCUT2D eigenvalue weighted by Gasteiger charge is -2.07. The van der Waals surface area contributed by atoms with Gasteiger partial charge in [0.15, 0.2) is 0 Å². The zero-order chi connectivity index (χ0) is 13.1. The van der Waals surface area contributed by atoms with E-state index in [0.29, 0.717) is 21.3 Å². The Morgan fingerprint density at radius 2 is 2.11 bits per heavy atom. The first-order chi connectivity index (χ1) is 8.61. The number of aromatic nitrogens is 2. The molecular formula is C13H12N4S. The van der Waals surface area contributed by atoms with Crippen LogP contribution in [-0.4, -0.2) is 9.97 Å². The van der Waals surface area contributed by atoms with Crippen LogP contribution in [-0.2, 0) is 0 Å². The summed E-state index contributed by atoms with van der Waals surface area (Å²) in [5.74, 6) is 0. The molecule has 2 aromatic heterocycles. The Morgan fingerprint density at radius 1 is 1.33 bits per heavy atom. The molecule has 5 heteroatoms. The van der Waals surface area contributed by atoms with Gasteiger partial charge >= 0.3 is 0 Å². The summed E-state index contributed by atoms with van der Waals surface area (Å²) in [5, 5.41) is 10.5. The van der Waals surface area contributed by atoms with E-state index in [0.717, 1.165) is 11.3 Å². The van der Waals surface area contributed by atoms with E-state index >= 15 is 0 Å². The number of nitriles is 1. The highest BCUT2D eigenvalue weighted by molar-refractivity contribution is 7.99. The van der Waals surface area contributed by atoms with Gasteiger partial charge in [-0.3, -0.25) is 0 Å². The summed E-state index contributed by atoms with van der Waals surface area (Å²) in [7, 11) is 0. The van der Waals surface area contributed by atoms with Crippen molar-refractivity contribution < 1.29 is 0 Å². The predicted octanol–water partition coefficient (Wildman–Crippen LogP) is 2.70. The molecule has 0 spiro atoms. The fourth-order valence-electron chi connectivity index (χ4n) is 1.59.